The normalized spacial score (nSPS) is 28.4. The summed E-state index contributed by atoms with van der Waals surface area (Å²) < 4.78 is 0. The van der Waals surface area contributed by atoms with Crippen LogP contribution in [0.2, 0.25) is 0 Å². The largest absolute Gasteiger partial charge is 0.352 e. The minimum absolute atomic E-state index is 0.0716. The van der Waals surface area contributed by atoms with Gasteiger partial charge in [0.25, 0.3) is 0 Å². The van der Waals surface area contributed by atoms with Crippen molar-refractivity contribution in [3.05, 3.63) is 0 Å². The van der Waals surface area contributed by atoms with Crippen LogP contribution in [0.4, 0.5) is 0 Å². The first kappa shape index (κ1) is 12.9. The van der Waals surface area contributed by atoms with Crippen LogP contribution < -0.4 is 10.6 Å². The standard InChI is InChI=1S/C14H23N3O2/c18-13(16-11-3-4-11)12-2-1-9-17(12)14(19)10-5-7-15-8-6-10/h10-12,15H,1-9H2,(H,16,18). The highest BCUT2D eigenvalue weighted by Gasteiger charge is 2.38. The number of carbonyl (C=O) groups is 2. The van der Waals surface area contributed by atoms with Crippen molar-refractivity contribution in [3.8, 4) is 0 Å². The van der Waals surface area contributed by atoms with Crippen molar-refractivity contribution in [2.75, 3.05) is 19.6 Å². The molecule has 3 aliphatic rings. The highest BCUT2D eigenvalue weighted by molar-refractivity contribution is 5.89. The molecule has 0 aromatic rings. The summed E-state index contributed by atoms with van der Waals surface area (Å²) in [5.41, 5.74) is 0. The summed E-state index contributed by atoms with van der Waals surface area (Å²) >= 11 is 0. The molecule has 2 heterocycles. The van der Waals surface area contributed by atoms with Gasteiger partial charge < -0.3 is 15.5 Å². The first-order valence-electron chi connectivity index (χ1n) is 7.57. The van der Waals surface area contributed by atoms with Crippen molar-refractivity contribution in [2.24, 2.45) is 5.92 Å². The fraction of sp³-hybridized carbons (Fsp3) is 0.857. The molecule has 0 bridgehead atoms. The maximum absolute atomic E-state index is 12.5. The van der Waals surface area contributed by atoms with E-state index in [9.17, 15) is 9.59 Å². The van der Waals surface area contributed by atoms with E-state index in [4.69, 9.17) is 0 Å². The minimum atomic E-state index is -0.206. The van der Waals surface area contributed by atoms with Crippen LogP contribution in [0.25, 0.3) is 0 Å². The van der Waals surface area contributed by atoms with E-state index >= 15 is 0 Å². The Morgan fingerprint density at radius 3 is 2.47 bits per heavy atom. The zero-order valence-electron chi connectivity index (χ0n) is 11.4. The number of likely N-dealkylation sites (tertiary alicyclic amines) is 1. The van der Waals surface area contributed by atoms with Crippen molar-refractivity contribution < 1.29 is 9.59 Å². The monoisotopic (exact) mass is 265 g/mol. The maximum atomic E-state index is 12.5. The fourth-order valence-electron chi connectivity index (χ4n) is 3.13. The highest BCUT2D eigenvalue weighted by atomic mass is 16.2. The van der Waals surface area contributed by atoms with Gasteiger partial charge in [-0.25, -0.2) is 0 Å². The molecule has 3 rings (SSSR count). The lowest BCUT2D eigenvalue weighted by Gasteiger charge is -2.30. The average molecular weight is 265 g/mol. The summed E-state index contributed by atoms with van der Waals surface area (Å²) in [5.74, 6) is 0.396. The summed E-state index contributed by atoms with van der Waals surface area (Å²) in [5, 5.41) is 6.32. The van der Waals surface area contributed by atoms with Crippen molar-refractivity contribution in [3.63, 3.8) is 0 Å². The predicted molar refractivity (Wildman–Crippen MR) is 71.5 cm³/mol. The van der Waals surface area contributed by atoms with Gasteiger partial charge in [-0.2, -0.15) is 0 Å². The average Bonchev–Trinajstić information content (AvgIpc) is 3.11. The van der Waals surface area contributed by atoms with E-state index in [1.54, 1.807) is 0 Å². The van der Waals surface area contributed by atoms with Gasteiger partial charge >= 0.3 is 0 Å². The Kier molecular flexibility index (Phi) is 3.73. The third kappa shape index (κ3) is 2.91. The molecule has 5 heteroatoms. The molecule has 0 aromatic carbocycles. The lowest BCUT2D eigenvalue weighted by atomic mass is 9.96. The number of hydrogen-bond donors (Lipinski definition) is 2. The number of nitrogens with zero attached hydrogens (tertiary/aromatic N) is 1. The Morgan fingerprint density at radius 2 is 1.79 bits per heavy atom. The molecular weight excluding hydrogens is 242 g/mol. The van der Waals surface area contributed by atoms with Crippen LogP contribution in [-0.2, 0) is 9.59 Å². The molecule has 19 heavy (non-hydrogen) atoms. The summed E-state index contributed by atoms with van der Waals surface area (Å²) in [6, 6.07) is 0.173. The summed E-state index contributed by atoms with van der Waals surface area (Å²) in [4.78, 5) is 26.6. The number of carbonyl (C=O) groups excluding carboxylic acids is 2. The number of nitrogens with one attached hydrogen (secondary N) is 2. The Bertz CT molecular complexity index is 362. The second-order valence-electron chi connectivity index (χ2n) is 6.00. The second-order valence-corrected chi connectivity index (χ2v) is 6.00. The third-order valence-corrected chi connectivity index (χ3v) is 4.45. The SMILES string of the molecule is O=C(NC1CC1)C1CCCN1C(=O)C1CCNCC1. The van der Waals surface area contributed by atoms with Gasteiger partial charge in [0.05, 0.1) is 0 Å². The lowest BCUT2D eigenvalue weighted by molar-refractivity contribution is -0.142. The molecule has 0 aromatic heterocycles. The predicted octanol–water partition coefficient (Wildman–Crippen LogP) is 0.256. The smallest absolute Gasteiger partial charge is 0.243 e. The minimum Gasteiger partial charge on any atom is -0.352 e. The van der Waals surface area contributed by atoms with Gasteiger partial charge in [-0.05, 0) is 51.6 Å². The van der Waals surface area contributed by atoms with Gasteiger partial charge in [0, 0.05) is 18.5 Å². The number of rotatable bonds is 3. The molecule has 2 amide bonds. The number of amides is 2. The summed E-state index contributed by atoms with van der Waals surface area (Å²) in [6.07, 6.45) is 5.80. The van der Waals surface area contributed by atoms with E-state index in [2.05, 4.69) is 10.6 Å². The van der Waals surface area contributed by atoms with E-state index in [1.807, 2.05) is 4.90 Å². The zero-order chi connectivity index (χ0) is 13.2. The van der Waals surface area contributed by atoms with Crippen LogP contribution in [0.3, 0.4) is 0 Å². The van der Waals surface area contributed by atoms with Crippen LogP contribution in [0.1, 0.15) is 38.5 Å². The number of piperidine rings is 1. The van der Waals surface area contributed by atoms with Gasteiger partial charge in [-0.15, -0.1) is 0 Å². The number of hydrogen-bond acceptors (Lipinski definition) is 3. The van der Waals surface area contributed by atoms with Gasteiger partial charge in [-0.1, -0.05) is 0 Å². The molecule has 0 spiro atoms. The first-order valence-corrected chi connectivity index (χ1v) is 7.57. The topological polar surface area (TPSA) is 61.4 Å². The van der Waals surface area contributed by atoms with E-state index < -0.39 is 0 Å². The Balaban J connectivity index is 1.60. The molecule has 0 radical (unpaired) electrons. The second kappa shape index (κ2) is 5.49. The third-order valence-electron chi connectivity index (χ3n) is 4.45. The van der Waals surface area contributed by atoms with Crippen molar-refractivity contribution in [2.45, 2.75) is 50.6 Å². The molecule has 1 atom stereocenters. The van der Waals surface area contributed by atoms with Gasteiger partial charge in [0.2, 0.25) is 11.8 Å². The molecule has 2 saturated heterocycles. The van der Waals surface area contributed by atoms with E-state index in [-0.39, 0.29) is 23.8 Å². The molecule has 5 nitrogen and oxygen atoms in total. The van der Waals surface area contributed by atoms with Crippen LogP contribution in [-0.4, -0.2) is 48.4 Å². The summed E-state index contributed by atoms with van der Waals surface area (Å²) in [7, 11) is 0. The van der Waals surface area contributed by atoms with Crippen LogP contribution in [0, 0.1) is 5.92 Å². The quantitative estimate of drug-likeness (QED) is 0.769. The Morgan fingerprint density at radius 1 is 1.05 bits per heavy atom. The Hall–Kier alpha value is -1.10. The van der Waals surface area contributed by atoms with E-state index in [0.717, 1.165) is 58.2 Å². The molecular formula is C14H23N3O2. The summed E-state index contributed by atoms with van der Waals surface area (Å²) in [6.45, 7) is 2.60. The molecule has 1 unspecified atom stereocenters. The van der Waals surface area contributed by atoms with Gasteiger partial charge in [-0.3, -0.25) is 9.59 Å². The first-order chi connectivity index (χ1) is 9.25. The van der Waals surface area contributed by atoms with Crippen LogP contribution in [0.5, 0.6) is 0 Å². The van der Waals surface area contributed by atoms with Crippen LogP contribution >= 0.6 is 0 Å². The van der Waals surface area contributed by atoms with Crippen molar-refractivity contribution in [1.29, 1.82) is 0 Å². The van der Waals surface area contributed by atoms with Gasteiger partial charge in [0.15, 0.2) is 0 Å². The molecule has 2 N–H and O–H groups in total. The van der Waals surface area contributed by atoms with Crippen LogP contribution in [0.15, 0.2) is 0 Å². The molecule has 1 saturated carbocycles. The molecule has 3 fully saturated rings. The van der Waals surface area contributed by atoms with E-state index in [1.165, 1.54) is 0 Å². The highest BCUT2D eigenvalue weighted by Crippen LogP contribution is 2.25. The zero-order valence-corrected chi connectivity index (χ0v) is 11.4. The van der Waals surface area contributed by atoms with Crippen molar-refractivity contribution >= 4 is 11.8 Å². The fourth-order valence-corrected chi connectivity index (χ4v) is 3.13. The van der Waals surface area contributed by atoms with Gasteiger partial charge in [0.1, 0.15) is 6.04 Å². The maximum Gasteiger partial charge on any atom is 0.243 e. The molecule has 106 valence electrons. The van der Waals surface area contributed by atoms with E-state index in [0.29, 0.717) is 6.04 Å². The van der Waals surface area contributed by atoms with Crippen molar-refractivity contribution in [1.82, 2.24) is 15.5 Å². The molecule has 1 aliphatic carbocycles. The lowest BCUT2D eigenvalue weighted by Crippen LogP contribution is -2.49. The molecule has 2 aliphatic heterocycles. The Labute approximate surface area is 114 Å².